The average Bonchev–Trinajstić information content (AvgIpc) is 2.78. The van der Waals surface area contributed by atoms with Gasteiger partial charge in [-0.2, -0.15) is 11.8 Å². The Labute approximate surface area is 198 Å². The van der Waals surface area contributed by atoms with Crippen LogP contribution in [0.3, 0.4) is 0 Å². The third-order valence-corrected chi connectivity index (χ3v) is 7.24. The molecule has 1 N–H and O–H groups in total. The lowest BCUT2D eigenvalue weighted by Crippen LogP contribution is -2.33. The fraction of sp³-hybridized carbons (Fsp3) is 0.208. The molecule has 0 bridgehead atoms. The van der Waals surface area contributed by atoms with Gasteiger partial charge in [-0.15, -0.1) is 0 Å². The standard InChI is InChI=1S/C24H25ClN2O3S2/c1-32(29,30)27(17-19-9-3-2-4-10-19)23-14-8-6-12-21(23)24(28)26-15-16-31-18-20-11-5-7-13-22(20)25/h2-14H,15-18H2,1H3,(H,26,28). The molecule has 0 spiro atoms. The number of carbonyl (C=O) groups is 1. The van der Waals surface area contributed by atoms with Crippen molar-refractivity contribution in [3.63, 3.8) is 0 Å². The number of nitrogens with zero attached hydrogens (tertiary/aromatic N) is 1. The van der Waals surface area contributed by atoms with Gasteiger partial charge in [-0.1, -0.05) is 72.3 Å². The van der Waals surface area contributed by atoms with Gasteiger partial charge in [-0.3, -0.25) is 9.10 Å². The summed E-state index contributed by atoms with van der Waals surface area (Å²) in [6.45, 7) is 0.609. The SMILES string of the molecule is CS(=O)(=O)N(Cc1ccccc1)c1ccccc1C(=O)NCCSCc1ccccc1Cl. The molecular formula is C24H25ClN2O3S2. The van der Waals surface area contributed by atoms with E-state index in [2.05, 4.69) is 5.32 Å². The van der Waals surface area contributed by atoms with Gasteiger partial charge < -0.3 is 5.32 Å². The first-order valence-electron chi connectivity index (χ1n) is 10.1. The highest BCUT2D eigenvalue weighted by Gasteiger charge is 2.23. The van der Waals surface area contributed by atoms with Crippen molar-refractivity contribution in [1.29, 1.82) is 0 Å². The summed E-state index contributed by atoms with van der Waals surface area (Å²) in [6, 6.07) is 23.8. The second-order valence-corrected chi connectivity index (χ2v) is 10.6. The molecule has 0 aromatic heterocycles. The Kier molecular flexibility index (Phi) is 8.61. The topological polar surface area (TPSA) is 66.5 Å². The van der Waals surface area contributed by atoms with Gasteiger partial charge in [-0.05, 0) is 29.3 Å². The van der Waals surface area contributed by atoms with E-state index in [0.717, 1.165) is 28.2 Å². The van der Waals surface area contributed by atoms with E-state index in [1.54, 1.807) is 36.0 Å². The monoisotopic (exact) mass is 488 g/mol. The molecule has 0 radical (unpaired) electrons. The van der Waals surface area contributed by atoms with Crippen molar-refractivity contribution in [3.05, 3.63) is 101 Å². The normalized spacial score (nSPS) is 11.2. The maximum atomic E-state index is 12.9. The number of halogens is 1. The van der Waals surface area contributed by atoms with E-state index in [1.165, 1.54) is 4.31 Å². The Morgan fingerprint density at radius 2 is 1.62 bits per heavy atom. The van der Waals surface area contributed by atoms with Crippen LogP contribution in [0.1, 0.15) is 21.5 Å². The van der Waals surface area contributed by atoms with Gasteiger partial charge in [0.25, 0.3) is 5.91 Å². The molecule has 0 heterocycles. The van der Waals surface area contributed by atoms with Crippen molar-refractivity contribution in [3.8, 4) is 0 Å². The minimum absolute atomic E-state index is 0.150. The number of anilines is 1. The van der Waals surface area contributed by atoms with Crippen LogP contribution in [0.2, 0.25) is 5.02 Å². The number of benzene rings is 3. The second kappa shape index (κ2) is 11.4. The summed E-state index contributed by atoms with van der Waals surface area (Å²) in [5, 5.41) is 3.63. The Morgan fingerprint density at radius 3 is 2.34 bits per heavy atom. The molecule has 0 saturated heterocycles. The van der Waals surface area contributed by atoms with Crippen LogP contribution in [-0.2, 0) is 22.3 Å². The van der Waals surface area contributed by atoms with Crippen LogP contribution in [0.4, 0.5) is 5.69 Å². The fourth-order valence-electron chi connectivity index (χ4n) is 3.14. The largest absolute Gasteiger partial charge is 0.351 e. The molecule has 0 aliphatic heterocycles. The summed E-state index contributed by atoms with van der Waals surface area (Å²) in [5.74, 6) is 1.16. The van der Waals surface area contributed by atoms with Gasteiger partial charge in [0, 0.05) is 23.1 Å². The van der Waals surface area contributed by atoms with E-state index in [9.17, 15) is 13.2 Å². The highest BCUT2D eigenvalue weighted by atomic mass is 35.5. The van der Waals surface area contributed by atoms with Crippen LogP contribution < -0.4 is 9.62 Å². The summed E-state index contributed by atoms with van der Waals surface area (Å²) in [4.78, 5) is 12.9. The average molecular weight is 489 g/mol. The number of amides is 1. The van der Waals surface area contributed by atoms with Gasteiger partial charge >= 0.3 is 0 Å². The lowest BCUT2D eigenvalue weighted by molar-refractivity contribution is 0.0957. The van der Waals surface area contributed by atoms with Crippen LogP contribution in [0.15, 0.2) is 78.9 Å². The first-order valence-corrected chi connectivity index (χ1v) is 13.4. The number of para-hydroxylation sites is 1. The first kappa shape index (κ1) is 24.2. The summed E-state index contributed by atoms with van der Waals surface area (Å²) >= 11 is 7.84. The Hall–Kier alpha value is -2.48. The Balaban J connectivity index is 1.66. The predicted octanol–water partition coefficient (Wildman–Crippen LogP) is 4.97. The van der Waals surface area contributed by atoms with Gasteiger partial charge in [0.2, 0.25) is 10.0 Å². The quantitative estimate of drug-likeness (QED) is 0.409. The highest BCUT2D eigenvalue weighted by molar-refractivity contribution is 7.98. The maximum Gasteiger partial charge on any atom is 0.253 e. The molecule has 5 nitrogen and oxygen atoms in total. The summed E-state index contributed by atoms with van der Waals surface area (Å²) in [7, 11) is -3.60. The zero-order chi connectivity index (χ0) is 23.0. The summed E-state index contributed by atoms with van der Waals surface area (Å²) < 4.78 is 26.4. The molecule has 1 amide bonds. The van der Waals surface area contributed by atoms with Crippen molar-refractivity contribution < 1.29 is 13.2 Å². The number of hydrogen-bond acceptors (Lipinski definition) is 4. The van der Waals surface area contributed by atoms with E-state index in [-0.39, 0.29) is 12.5 Å². The zero-order valence-corrected chi connectivity index (χ0v) is 20.1. The number of carbonyl (C=O) groups excluding carboxylic acids is 1. The Bertz CT molecular complexity index is 1150. The van der Waals surface area contributed by atoms with Crippen LogP contribution >= 0.6 is 23.4 Å². The maximum absolute atomic E-state index is 12.9. The van der Waals surface area contributed by atoms with Crippen molar-refractivity contribution in [2.45, 2.75) is 12.3 Å². The van der Waals surface area contributed by atoms with Crippen LogP contribution in [-0.4, -0.2) is 32.9 Å². The summed E-state index contributed by atoms with van der Waals surface area (Å²) in [6.07, 6.45) is 1.15. The first-order chi connectivity index (χ1) is 15.4. The zero-order valence-electron chi connectivity index (χ0n) is 17.7. The van der Waals surface area contributed by atoms with Gasteiger partial charge in [0.1, 0.15) is 0 Å². The van der Waals surface area contributed by atoms with Gasteiger partial charge in [-0.25, -0.2) is 8.42 Å². The molecule has 0 saturated carbocycles. The van der Waals surface area contributed by atoms with Crippen LogP contribution in [0, 0.1) is 0 Å². The van der Waals surface area contributed by atoms with E-state index in [1.807, 2.05) is 54.6 Å². The number of rotatable bonds is 10. The van der Waals surface area contributed by atoms with E-state index >= 15 is 0 Å². The fourth-order valence-corrected chi connectivity index (χ4v) is 5.19. The third kappa shape index (κ3) is 6.76. The number of hydrogen-bond donors (Lipinski definition) is 1. The molecule has 0 aliphatic carbocycles. The summed E-state index contributed by atoms with van der Waals surface area (Å²) in [5.41, 5.74) is 2.58. The molecule has 0 unspecified atom stereocenters. The van der Waals surface area contributed by atoms with Crippen molar-refractivity contribution in [1.82, 2.24) is 5.32 Å². The molecule has 168 valence electrons. The highest BCUT2D eigenvalue weighted by Crippen LogP contribution is 2.25. The van der Waals surface area contributed by atoms with E-state index in [0.29, 0.717) is 23.5 Å². The molecule has 8 heteroatoms. The lowest BCUT2D eigenvalue weighted by atomic mass is 10.1. The van der Waals surface area contributed by atoms with Crippen LogP contribution in [0.25, 0.3) is 0 Å². The molecule has 32 heavy (non-hydrogen) atoms. The van der Waals surface area contributed by atoms with Gasteiger partial charge in [0.15, 0.2) is 0 Å². The molecule has 0 fully saturated rings. The lowest BCUT2D eigenvalue weighted by Gasteiger charge is -2.24. The Morgan fingerprint density at radius 1 is 0.969 bits per heavy atom. The number of nitrogens with one attached hydrogen (secondary N) is 1. The smallest absolute Gasteiger partial charge is 0.253 e. The van der Waals surface area contributed by atoms with Crippen molar-refractivity contribution in [2.75, 3.05) is 22.9 Å². The van der Waals surface area contributed by atoms with Crippen LogP contribution in [0.5, 0.6) is 0 Å². The minimum atomic E-state index is -3.60. The molecule has 0 atom stereocenters. The second-order valence-electron chi connectivity index (χ2n) is 7.17. The molecular weight excluding hydrogens is 464 g/mol. The molecule has 3 rings (SSSR count). The van der Waals surface area contributed by atoms with E-state index < -0.39 is 10.0 Å². The van der Waals surface area contributed by atoms with Gasteiger partial charge in [0.05, 0.1) is 24.1 Å². The third-order valence-electron chi connectivity index (χ3n) is 4.73. The predicted molar refractivity (Wildman–Crippen MR) is 134 cm³/mol. The van der Waals surface area contributed by atoms with Crippen molar-refractivity contribution in [2.24, 2.45) is 0 Å². The molecule has 3 aromatic carbocycles. The van der Waals surface area contributed by atoms with E-state index in [4.69, 9.17) is 11.6 Å². The number of sulfonamides is 1. The molecule has 3 aromatic rings. The minimum Gasteiger partial charge on any atom is -0.351 e. The number of thioether (sulfide) groups is 1. The molecule has 0 aliphatic rings. The van der Waals surface area contributed by atoms with Crippen molar-refractivity contribution >= 4 is 45.0 Å².